The number of imidazole rings is 1. The summed E-state index contributed by atoms with van der Waals surface area (Å²) in [4.78, 5) is 13.7. The lowest BCUT2D eigenvalue weighted by Gasteiger charge is -2.14. The highest BCUT2D eigenvalue weighted by atomic mass is 15.1. The van der Waals surface area contributed by atoms with Crippen LogP contribution in [0.25, 0.3) is 5.69 Å². The molecular formula is C16H25N5. The van der Waals surface area contributed by atoms with Crippen LogP contribution >= 0.6 is 0 Å². The summed E-state index contributed by atoms with van der Waals surface area (Å²) in [5.41, 5.74) is 2.06. The zero-order chi connectivity index (χ0) is 15.2. The molecule has 0 aliphatic carbocycles. The summed E-state index contributed by atoms with van der Waals surface area (Å²) in [5, 5.41) is 3.43. The first-order valence-electron chi connectivity index (χ1n) is 7.76. The van der Waals surface area contributed by atoms with Gasteiger partial charge in [-0.15, -0.1) is 0 Å². The van der Waals surface area contributed by atoms with E-state index in [1.807, 2.05) is 18.6 Å². The number of aromatic nitrogens is 4. The van der Waals surface area contributed by atoms with Gasteiger partial charge in [0, 0.05) is 31.3 Å². The van der Waals surface area contributed by atoms with Crippen LogP contribution in [0.5, 0.6) is 0 Å². The fourth-order valence-corrected chi connectivity index (χ4v) is 2.23. The Labute approximate surface area is 126 Å². The third-order valence-electron chi connectivity index (χ3n) is 3.39. The van der Waals surface area contributed by atoms with Crippen molar-refractivity contribution >= 4 is 0 Å². The topological polar surface area (TPSA) is 55.6 Å². The minimum absolute atomic E-state index is 0.331. The van der Waals surface area contributed by atoms with Gasteiger partial charge >= 0.3 is 0 Å². The Kier molecular flexibility index (Phi) is 5.44. The zero-order valence-electron chi connectivity index (χ0n) is 13.4. The van der Waals surface area contributed by atoms with E-state index in [1.165, 1.54) is 0 Å². The molecule has 5 heteroatoms. The van der Waals surface area contributed by atoms with Crippen molar-refractivity contribution in [1.29, 1.82) is 0 Å². The second kappa shape index (κ2) is 7.31. The van der Waals surface area contributed by atoms with Crippen molar-refractivity contribution in [3.63, 3.8) is 0 Å². The lowest BCUT2D eigenvalue weighted by atomic mass is 10.2. The van der Waals surface area contributed by atoms with E-state index in [0.29, 0.717) is 5.92 Å². The Balaban J connectivity index is 2.39. The van der Waals surface area contributed by atoms with Gasteiger partial charge in [0.15, 0.2) is 0 Å². The fourth-order valence-electron chi connectivity index (χ4n) is 2.23. The molecule has 0 aliphatic heterocycles. The highest BCUT2D eigenvalue weighted by molar-refractivity contribution is 5.36. The predicted molar refractivity (Wildman–Crippen MR) is 84.6 cm³/mol. The second-order valence-electron chi connectivity index (χ2n) is 5.46. The molecule has 2 aromatic heterocycles. The van der Waals surface area contributed by atoms with Crippen molar-refractivity contribution in [1.82, 2.24) is 24.8 Å². The summed E-state index contributed by atoms with van der Waals surface area (Å²) in [6.45, 7) is 10.3. The Hall–Kier alpha value is -1.75. The van der Waals surface area contributed by atoms with E-state index >= 15 is 0 Å². The van der Waals surface area contributed by atoms with Crippen molar-refractivity contribution in [2.75, 3.05) is 6.54 Å². The van der Waals surface area contributed by atoms with E-state index in [2.05, 4.69) is 47.5 Å². The van der Waals surface area contributed by atoms with E-state index in [1.54, 1.807) is 0 Å². The van der Waals surface area contributed by atoms with Crippen LogP contribution in [0.15, 0.2) is 18.6 Å². The molecule has 0 bridgehead atoms. The minimum atomic E-state index is 0.331. The molecule has 21 heavy (non-hydrogen) atoms. The standard InChI is InChI=1S/C16H25N5/c1-5-7-17-10-13-14(11-19-16(20-13)12(3)4)21-9-8-18-15(21)6-2/h8-9,11-12,17H,5-7,10H2,1-4H3. The van der Waals surface area contributed by atoms with E-state index in [0.717, 1.165) is 49.0 Å². The minimum Gasteiger partial charge on any atom is -0.311 e. The molecule has 2 rings (SSSR count). The van der Waals surface area contributed by atoms with E-state index < -0.39 is 0 Å². The van der Waals surface area contributed by atoms with Gasteiger partial charge in [0.25, 0.3) is 0 Å². The van der Waals surface area contributed by atoms with Gasteiger partial charge in [-0.05, 0) is 13.0 Å². The van der Waals surface area contributed by atoms with Gasteiger partial charge in [-0.3, -0.25) is 0 Å². The molecular weight excluding hydrogens is 262 g/mol. The number of nitrogens with one attached hydrogen (secondary N) is 1. The molecule has 5 nitrogen and oxygen atoms in total. The van der Waals surface area contributed by atoms with Gasteiger partial charge in [-0.1, -0.05) is 27.7 Å². The van der Waals surface area contributed by atoms with Gasteiger partial charge in [-0.25, -0.2) is 15.0 Å². The number of hydrogen-bond acceptors (Lipinski definition) is 4. The Morgan fingerprint density at radius 1 is 1.24 bits per heavy atom. The molecule has 0 atom stereocenters. The molecule has 0 saturated carbocycles. The van der Waals surface area contributed by atoms with Crippen molar-refractivity contribution in [2.45, 2.75) is 53.0 Å². The molecule has 0 radical (unpaired) electrons. The van der Waals surface area contributed by atoms with Gasteiger partial charge in [0.2, 0.25) is 0 Å². The Morgan fingerprint density at radius 3 is 2.71 bits per heavy atom. The smallest absolute Gasteiger partial charge is 0.131 e. The van der Waals surface area contributed by atoms with Crippen LogP contribution in [0.4, 0.5) is 0 Å². The maximum atomic E-state index is 4.75. The summed E-state index contributed by atoms with van der Waals surface area (Å²) < 4.78 is 2.09. The Bertz CT molecular complexity index is 574. The molecule has 0 spiro atoms. The monoisotopic (exact) mass is 287 g/mol. The molecule has 0 aliphatic rings. The van der Waals surface area contributed by atoms with E-state index in [9.17, 15) is 0 Å². The van der Waals surface area contributed by atoms with Gasteiger partial charge < -0.3 is 9.88 Å². The quantitative estimate of drug-likeness (QED) is 0.796. The Morgan fingerprint density at radius 2 is 2.05 bits per heavy atom. The zero-order valence-corrected chi connectivity index (χ0v) is 13.4. The van der Waals surface area contributed by atoms with E-state index in [4.69, 9.17) is 4.98 Å². The van der Waals surface area contributed by atoms with Crippen LogP contribution in [0.3, 0.4) is 0 Å². The number of rotatable bonds is 7. The fraction of sp³-hybridized carbons (Fsp3) is 0.562. The normalized spacial score (nSPS) is 11.3. The van der Waals surface area contributed by atoms with Crippen LogP contribution in [0.2, 0.25) is 0 Å². The maximum Gasteiger partial charge on any atom is 0.131 e. The molecule has 1 N–H and O–H groups in total. The predicted octanol–water partition coefficient (Wildman–Crippen LogP) is 2.85. The summed E-state index contributed by atoms with van der Waals surface area (Å²) in [6, 6.07) is 0. The highest BCUT2D eigenvalue weighted by Gasteiger charge is 2.13. The van der Waals surface area contributed by atoms with Crippen molar-refractivity contribution in [3.8, 4) is 5.69 Å². The molecule has 0 unspecified atom stereocenters. The second-order valence-corrected chi connectivity index (χ2v) is 5.46. The van der Waals surface area contributed by atoms with Crippen LogP contribution < -0.4 is 5.32 Å². The molecule has 0 fully saturated rings. The maximum absolute atomic E-state index is 4.75. The van der Waals surface area contributed by atoms with Crippen LogP contribution in [0, 0.1) is 0 Å². The third kappa shape index (κ3) is 3.67. The van der Waals surface area contributed by atoms with Crippen molar-refractivity contribution in [2.24, 2.45) is 0 Å². The summed E-state index contributed by atoms with van der Waals surface area (Å²) in [5.74, 6) is 2.26. The molecule has 0 amide bonds. The molecule has 114 valence electrons. The molecule has 2 aromatic rings. The first-order chi connectivity index (χ1) is 10.2. The number of hydrogen-bond donors (Lipinski definition) is 1. The van der Waals surface area contributed by atoms with Crippen LogP contribution in [0.1, 0.15) is 57.4 Å². The largest absolute Gasteiger partial charge is 0.311 e. The summed E-state index contributed by atoms with van der Waals surface area (Å²) in [6.07, 6.45) is 7.74. The number of nitrogens with zero attached hydrogens (tertiary/aromatic N) is 4. The summed E-state index contributed by atoms with van der Waals surface area (Å²) in [7, 11) is 0. The average molecular weight is 287 g/mol. The van der Waals surface area contributed by atoms with Crippen molar-refractivity contribution < 1.29 is 0 Å². The van der Waals surface area contributed by atoms with Crippen molar-refractivity contribution in [3.05, 3.63) is 35.9 Å². The molecule has 2 heterocycles. The summed E-state index contributed by atoms with van der Waals surface area (Å²) >= 11 is 0. The van der Waals surface area contributed by atoms with E-state index in [-0.39, 0.29) is 0 Å². The van der Waals surface area contributed by atoms with Gasteiger partial charge in [-0.2, -0.15) is 0 Å². The van der Waals surface area contributed by atoms with Crippen LogP contribution in [-0.2, 0) is 13.0 Å². The highest BCUT2D eigenvalue weighted by Crippen LogP contribution is 2.17. The van der Waals surface area contributed by atoms with Gasteiger partial charge in [0.05, 0.1) is 17.6 Å². The SMILES string of the molecule is CCCNCc1nc(C(C)C)ncc1-n1ccnc1CC. The number of aryl methyl sites for hydroxylation is 1. The third-order valence-corrected chi connectivity index (χ3v) is 3.39. The molecule has 0 aromatic carbocycles. The first kappa shape index (κ1) is 15.6. The molecule has 0 saturated heterocycles. The van der Waals surface area contributed by atoms with Crippen LogP contribution in [-0.4, -0.2) is 26.1 Å². The average Bonchev–Trinajstić information content (AvgIpc) is 2.95. The lowest BCUT2D eigenvalue weighted by molar-refractivity contribution is 0.646. The van der Waals surface area contributed by atoms with Gasteiger partial charge in [0.1, 0.15) is 11.6 Å². The first-order valence-corrected chi connectivity index (χ1v) is 7.76. The lowest BCUT2D eigenvalue weighted by Crippen LogP contribution is -2.18.